The van der Waals surface area contributed by atoms with Gasteiger partial charge in [0.25, 0.3) is 0 Å². The van der Waals surface area contributed by atoms with Gasteiger partial charge in [0.2, 0.25) is 19.7 Å². The van der Waals surface area contributed by atoms with E-state index in [2.05, 4.69) is 0 Å². The molecule has 0 heterocycles. The van der Waals surface area contributed by atoms with Gasteiger partial charge in [-0.25, -0.2) is 16.8 Å². The van der Waals surface area contributed by atoms with Crippen LogP contribution in [-0.2, 0) is 19.7 Å². The van der Waals surface area contributed by atoms with E-state index in [0.717, 1.165) is 23.5 Å². The first-order valence-electron chi connectivity index (χ1n) is 9.63. The van der Waals surface area contributed by atoms with Crippen molar-refractivity contribution in [2.45, 2.75) is 0 Å². The van der Waals surface area contributed by atoms with Crippen LogP contribution in [0.15, 0.2) is 58.3 Å². The molecule has 0 atom stereocenters. The molecule has 0 aliphatic carbocycles. The van der Waals surface area contributed by atoms with Gasteiger partial charge in [-0.15, -0.1) is 0 Å². The van der Waals surface area contributed by atoms with Gasteiger partial charge < -0.3 is 9.80 Å². The van der Waals surface area contributed by atoms with E-state index in [4.69, 9.17) is 0 Å². The molecular weight excluding hydrogens is 460 g/mol. The van der Waals surface area contributed by atoms with Gasteiger partial charge in [-0.2, -0.15) is 10.5 Å². The fourth-order valence-electron chi connectivity index (χ4n) is 2.75. The maximum atomic E-state index is 12.7. The average Bonchev–Trinajstić information content (AvgIpc) is 2.75. The summed E-state index contributed by atoms with van der Waals surface area (Å²) in [6, 6.07) is 16.6. The Balaban J connectivity index is 2.36. The minimum Gasteiger partial charge on any atom is -0.378 e. The molecule has 0 bridgehead atoms. The first-order valence-corrected chi connectivity index (χ1v) is 12.9. The van der Waals surface area contributed by atoms with Crippen molar-refractivity contribution in [3.63, 3.8) is 0 Å². The summed E-state index contributed by atoms with van der Waals surface area (Å²) in [7, 11) is -1.65. The molecule has 0 spiro atoms. The van der Waals surface area contributed by atoms with Gasteiger partial charge in [0, 0.05) is 39.6 Å². The highest BCUT2D eigenvalue weighted by Gasteiger charge is 2.29. The zero-order chi connectivity index (χ0) is 24.8. The van der Waals surface area contributed by atoms with Crippen LogP contribution in [-0.4, -0.2) is 50.1 Å². The molecule has 172 valence electrons. The average molecular weight is 485 g/mol. The fraction of sp³-hybridized carbons (Fsp3) is 0.217. The van der Waals surface area contributed by atoms with Gasteiger partial charge >= 0.3 is 0 Å². The SMILES string of the molecule is CN(C)c1ccc(C=C(C#N)S(=O)(=O)CS(=O)(=O)C(C#N)=Cc2ccc(N(C)C)cc2)cc1. The van der Waals surface area contributed by atoms with E-state index in [0.29, 0.717) is 11.1 Å². The van der Waals surface area contributed by atoms with Crippen LogP contribution in [0.5, 0.6) is 0 Å². The number of sulfone groups is 2. The number of anilines is 2. The normalized spacial score (nSPS) is 12.5. The number of hydrogen-bond acceptors (Lipinski definition) is 8. The number of benzene rings is 2. The monoisotopic (exact) mass is 484 g/mol. The Morgan fingerprint density at radius 3 is 1.24 bits per heavy atom. The third-order valence-corrected chi connectivity index (χ3v) is 8.86. The maximum Gasteiger partial charge on any atom is 0.203 e. The topological polar surface area (TPSA) is 122 Å². The maximum absolute atomic E-state index is 12.7. The summed E-state index contributed by atoms with van der Waals surface area (Å²) in [5, 5.41) is 17.4. The van der Waals surface area contributed by atoms with E-state index >= 15 is 0 Å². The third-order valence-electron chi connectivity index (χ3n) is 4.62. The Morgan fingerprint density at radius 2 is 1.00 bits per heavy atom. The van der Waals surface area contributed by atoms with E-state index in [-0.39, 0.29) is 0 Å². The minimum absolute atomic E-state index is 0.426. The van der Waals surface area contributed by atoms with E-state index < -0.39 is 34.6 Å². The highest BCUT2D eigenvalue weighted by atomic mass is 32.3. The van der Waals surface area contributed by atoms with Crippen molar-refractivity contribution in [2.75, 3.05) is 43.1 Å². The van der Waals surface area contributed by atoms with E-state index in [9.17, 15) is 27.4 Å². The summed E-state index contributed by atoms with van der Waals surface area (Å²) < 4.78 is 50.9. The Bertz CT molecular complexity index is 1250. The Morgan fingerprint density at radius 1 is 0.697 bits per heavy atom. The molecule has 10 heteroatoms. The first-order chi connectivity index (χ1) is 15.4. The van der Waals surface area contributed by atoms with Crippen LogP contribution in [0.25, 0.3) is 12.2 Å². The summed E-state index contributed by atoms with van der Waals surface area (Å²) >= 11 is 0. The zero-order valence-corrected chi connectivity index (χ0v) is 20.4. The molecule has 0 saturated heterocycles. The molecule has 0 radical (unpaired) electrons. The summed E-state index contributed by atoms with van der Waals surface area (Å²) in [5.74, 6) is 0. The van der Waals surface area contributed by atoms with Gasteiger partial charge in [-0.1, -0.05) is 24.3 Å². The Kier molecular flexibility index (Phi) is 8.04. The van der Waals surface area contributed by atoms with Crippen molar-refractivity contribution < 1.29 is 16.8 Å². The van der Waals surface area contributed by atoms with Gasteiger partial charge in [-0.05, 0) is 47.5 Å². The molecule has 33 heavy (non-hydrogen) atoms. The predicted octanol–water partition coefficient (Wildman–Crippen LogP) is 3.03. The lowest BCUT2D eigenvalue weighted by molar-refractivity contribution is 0.596. The van der Waals surface area contributed by atoms with Crippen LogP contribution in [0.3, 0.4) is 0 Å². The highest BCUT2D eigenvalue weighted by molar-refractivity contribution is 8.11. The molecule has 0 N–H and O–H groups in total. The van der Waals surface area contributed by atoms with Crippen LogP contribution in [0.2, 0.25) is 0 Å². The third kappa shape index (κ3) is 6.69. The van der Waals surface area contributed by atoms with Gasteiger partial charge in [-0.3, -0.25) is 0 Å². The molecule has 2 aromatic rings. The second-order valence-electron chi connectivity index (χ2n) is 7.56. The lowest BCUT2D eigenvalue weighted by Gasteiger charge is -2.12. The molecule has 8 nitrogen and oxygen atoms in total. The Labute approximate surface area is 195 Å². The molecule has 0 saturated carbocycles. The highest BCUT2D eigenvalue weighted by Crippen LogP contribution is 2.22. The summed E-state index contributed by atoms with van der Waals surface area (Å²) in [5.41, 5.74) is 2.60. The van der Waals surface area contributed by atoms with Crippen LogP contribution >= 0.6 is 0 Å². The second kappa shape index (κ2) is 10.3. The summed E-state index contributed by atoms with van der Waals surface area (Å²) in [6.07, 6.45) is 2.22. The molecule has 2 aromatic carbocycles. The van der Waals surface area contributed by atoms with Crippen molar-refractivity contribution in [2.24, 2.45) is 0 Å². The summed E-state index contributed by atoms with van der Waals surface area (Å²) in [6.45, 7) is 0. The molecule has 0 amide bonds. The molecule has 0 aromatic heterocycles. The van der Waals surface area contributed by atoms with Gasteiger partial charge in [0.05, 0.1) is 0 Å². The molecule has 0 fully saturated rings. The standard InChI is InChI=1S/C23H24N4O4S2/c1-26(2)20-9-5-18(6-10-20)13-22(15-24)32(28,29)17-33(30,31)23(16-25)14-19-7-11-21(12-8-19)27(3)4/h5-14H,17H2,1-4H3. The summed E-state index contributed by atoms with van der Waals surface area (Å²) in [4.78, 5) is 2.31. The van der Waals surface area contributed by atoms with Crippen molar-refractivity contribution in [3.8, 4) is 12.1 Å². The van der Waals surface area contributed by atoms with Crippen molar-refractivity contribution in [1.82, 2.24) is 0 Å². The number of hydrogen-bond donors (Lipinski definition) is 0. The van der Waals surface area contributed by atoms with Crippen LogP contribution in [0.4, 0.5) is 11.4 Å². The van der Waals surface area contributed by atoms with Crippen molar-refractivity contribution in [1.29, 1.82) is 10.5 Å². The number of allylic oxidation sites excluding steroid dienone is 2. The quantitative estimate of drug-likeness (QED) is 0.524. The predicted molar refractivity (Wildman–Crippen MR) is 131 cm³/mol. The van der Waals surface area contributed by atoms with Crippen molar-refractivity contribution in [3.05, 3.63) is 69.5 Å². The lowest BCUT2D eigenvalue weighted by atomic mass is 10.2. The molecule has 0 aliphatic heterocycles. The first kappa shape index (κ1) is 25.7. The minimum atomic E-state index is -4.52. The number of rotatable bonds is 8. The smallest absolute Gasteiger partial charge is 0.203 e. The van der Waals surface area contributed by atoms with E-state index in [1.807, 2.05) is 38.0 Å². The molecule has 0 unspecified atom stereocenters. The van der Waals surface area contributed by atoms with Gasteiger partial charge in [0.15, 0.2) is 5.08 Å². The van der Waals surface area contributed by atoms with Crippen LogP contribution in [0, 0.1) is 22.7 Å². The zero-order valence-electron chi connectivity index (χ0n) is 18.7. The second-order valence-corrected chi connectivity index (χ2v) is 11.8. The van der Waals surface area contributed by atoms with Gasteiger partial charge in [0.1, 0.15) is 21.9 Å². The van der Waals surface area contributed by atoms with Crippen LogP contribution < -0.4 is 9.80 Å². The molecular formula is C23H24N4O4S2. The lowest BCUT2D eigenvalue weighted by Crippen LogP contribution is -2.18. The fourth-order valence-corrected chi connectivity index (χ4v) is 6.31. The van der Waals surface area contributed by atoms with Crippen molar-refractivity contribution >= 4 is 43.2 Å². The molecule has 0 aliphatic rings. The Hall–Kier alpha value is -3.60. The molecule has 2 rings (SSSR count). The van der Waals surface area contributed by atoms with E-state index in [1.165, 1.54) is 0 Å². The number of nitriles is 2. The number of nitrogens with zero attached hydrogens (tertiary/aromatic N) is 4. The largest absolute Gasteiger partial charge is 0.378 e. The van der Waals surface area contributed by atoms with E-state index in [1.54, 1.807) is 60.7 Å². The van der Waals surface area contributed by atoms with Crippen LogP contribution in [0.1, 0.15) is 11.1 Å².